The smallest absolute Gasteiger partial charge is 0.261 e. The maximum Gasteiger partial charge on any atom is 0.261 e. The van der Waals surface area contributed by atoms with Crippen LogP contribution in [0.15, 0.2) is 0 Å². The van der Waals surface area contributed by atoms with E-state index in [1.54, 1.807) is 7.11 Å². The van der Waals surface area contributed by atoms with E-state index in [1.165, 1.54) is 18.4 Å². The summed E-state index contributed by atoms with van der Waals surface area (Å²) in [7, 11) is 3.22. The summed E-state index contributed by atoms with van der Waals surface area (Å²) in [5, 5.41) is 3.97. The fraction of sp³-hybridized carbons (Fsp3) is 0.583. The number of carbonyl (C=O) groups excluding carboxylic acids is 1. The largest absolute Gasteiger partial charge is 0.492 e. The van der Waals surface area contributed by atoms with Crippen molar-refractivity contribution in [2.75, 3.05) is 38.4 Å². The van der Waals surface area contributed by atoms with Crippen LogP contribution in [0.2, 0.25) is 0 Å². The van der Waals surface area contributed by atoms with Gasteiger partial charge in [0.2, 0.25) is 0 Å². The molecule has 0 radical (unpaired) electrons. The molecule has 1 heterocycles. The molecule has 0 bridgehead atoms. The van der Waals surface area contributed by atoms with Gasteiger partial charge in [0.25, 0.3) is 5.91 Å². The Balaban J connectivity index is 2.53. The highest BCUT2D eigenvalue weighted by molar-refractivity contribution is 7.19. The molecule has 0 saturated carbocycles. The molecule has 0 aliphatic carbocycles. The number of ether oxygens (including phenoxy) is 2. The molecular formula is C12H21N3O3S. The fourth-order valence-electron chi connectivity index (χ4n) is 1.68. The van der Waals surface area contributed by atoms with Gasteiger partial charge in [0, 0.05) is 20.3 Å². The van der Waals surface area contributed by atoms with Crippen LogP contribution in [0.3, 0.4) is 0 Å². The number of amides is 1. The minimum atomic E-state index is -0.533. The van der Waals surface area contributed by atoms with Crippen molar-refractivity contribution in [3.63, 3.8) is 0 Å². The molecule has 6 nitrogen and oxygen atoms in total. The maximum atomic E-state index is 11.2. The van der Waals surface area contributed by atoms with Crippen molar-refractivity contribution in [1.29, 1.82) is 0 Å². The summed E-state index contributed by atoms with van der Waals surface area (Å²) >= 11 is 1.23. The van der Waals surface area contributed by atoms with Gasteiger partial charge in [0.15, 0.2) is 5.75 Å². The first-order valence-corrected chi connectivity index (χ1v) is 6.92. The molecule has 0 unspecified atom stereocenters. The summed E-state index contributed by atoms with van der Waals surface area (Å²) in [5.41, 5.74) is 11.4. The molecule has 0 fully saturated rings. The summed E-state index contributed by atoms with van der Waals surface area (Å²) in [6.45, 7) is 1.57. The second-order valence-electron chi connectivity index (χ2n) is 4.05. The van der Waals surface area contributed by atoms with Crippen LogP contribution >= 0.6 is 11.3 Å². The van der Waals surface area contributed by atoms with E-state index < -0.39 is 5.91 Å². The summed E-state index contributed by atoms with van der Waals surface area (Å²) in [5.74, 6) is -0.0374. The molecule has 1 rings (SSSR count). The number of rotatable bonds is 9. The highest BCUT2D eigenvalue weighted by Crippen LogP contribution is 2.42. The number of hydrogen-bond donors (Lipinski definition) is 3. The number of nitrogen functional groups attached to an aromatic ring is 1. The normalized spacial score (nSPS) is 10.4. The van der Waals surface area contributed by atoms with Gasteiger partial charge in [0.1, 0.15) is 15.6 Å². The first kappa shape index (κ1) is 15.6. The van der Waals surface area contributed by atoms with Gasteiger partial charge in [-0.15, -0.1) is 11.3 Å². The predicted molar refractivity (Wildman–Crippen MR) is 78.0 cm³/mol. The lowest BCUT2D eigenvalue weighted by molar-refractivity contribution is 0.100. The highest BCUT2D eigenvalue weighted by atomic mass is 32.1. The third kappa shape index (κ3) is 4.29. The van der Waals surface area contributed by atoms with Gasteiger partial charge in [-0.1, -0.05) is 0 Å². The standard InChI is InChI=1S/C12H21N3O3S/c1-17-7-5-3-4-6-15-12-9(18-2)8(13)10(19-12)11(14)16/h15H,3-7,13H2,1-2H3,(H2,14,16). The Hall–Kier alpha value is -1.47. The van der Waals surface area contributed by atoms with Gasteiger partial charge >= 0.3 is 0 Å². The van der Waals surface area contributed by atoms with E-state index in [0.29, 0.717) is 16.3 Å². The lowest BCUT2D eigenvalue weighted by Crippen LogP contribution is -2.10. The van der Waals surface area contributed by atoms with Gasteiger partial charge in [-0.25, -0.2) is 0 Å². The number of nitrogens with two attached hydrogens (primary N) is 2. The second kappa shape index (κ2) is 7.85. The molecule has 108 valence electrons. The monoisotopic (exact) mass is 287 g/mol. The maximum absolute atomic E-state index is 11.2. The molecule has 0 spiro atoms. The van der Waals surface area contributed by atoms with Crippen molar-refractivity contribution >= 4 is 27.9 Å². The van der Waals surface area contributed by atoms with E-state index in [9.17, 15) is 4.79 Å². The summed E-state index contributed by atoms with van der Waals surface area (Å²) in [4.78, 5) is 11.5. The molecule has 0 aromatic carbocycles. The molecule has 7 heteroatoms. The molecule has 5 N–H and O–H groups in total. The molecule has 0 aliphatic heterocycles. The number of unbranched alkanes of at least 4 members (excludes halogenated alkanes) is 2. The molecule has 1 aromatic rings. The summed E-state index contributed by atoms with van der Waals surface area (Å²) in [6, 6.07) is 0. The quantitative estimate of drug-likeness (QED) is 0.600. The second-order valence-corrected chi connectivity index (χ2v) is 5.07. The van der Waals surface area contributed by atoms with E-state index >= 15 is 0 Å². The minimum Gasteiger partial charge on any atom is -0.492 e. The molecule has 0 atom stereocenters. The third-order valence-corrected chi connectivity index (χ3v) is 3.80. The average molecular weight is 287 g/mol. The fourth-order valence-corrected chi connectivity index (χ4v) is 2.65. The topological polar surface area (TPSA) is 99.6 Å². The van der Waals surface area contributed by atoms with Crippen molar-refractivity contribution in [2.45, 2.75) is 19.3 Å². The van der Waals surface area contributed by atoms with Crippen LogP contribution in [-0.4, -0.2) is 33.3 Å². The van der Waals surface area contributed by atoms with Gasteiger partial charge in [-0.05, 0) is 19.3 Å². The molecule has 19 heavy (non-hydrogen) atoms. The third-order valence-electron chi connectivity index (χ3n) is 2.64. The highest BCUT2D eigenvalue weighted by Gasteiger charge is 2.19. The van der Waals surface area contributed by atoms with Crippen molar-refractivity contribution in [3.8, 4) is 5.75 Å². The number of carbonyl (C=O) groups is 1. The Kier molecular flexibility index (Phi) is 6.44. The zero-order valence-electron chi connectivity index (χ0n) is 11.3. The SMILES string of the molecule is COCCCCCNc1sc(C(N)=O)c(N)c1OC. The van der Waals surface area contributed by atoms with Gasteiger partial charge < -0.3 is 26.3 Å². The van der Waals surface area contributed by atoms with Crippen LogP contribution in [0, 0.1) is 0 Å². The number of primary amides is 1. The van der Waals surface area contributed by atoms with Crippen LogP contribution < -0.4 is 21.5 Å². The molecule has 0 saturated heterocycles. The van der Waals surface area contributed by atoms with Crippen molar-refractivity contribution in [2.24, 2.45) is 5.73 Å². The number of anilines is 2. The predicted octanol–water partition coefficient (Wildman–Crippen LogP) is 1.67. The Morgan fingerprint density at radius 2 is 2.05 bits per heavy atom. The first-order valence-electron chi connectivity index (χ1n) is 6.10. The van der Waals surface area contributed by atoms with E-state index in [0.717, 1.165) is 37.4 Å². The van der Waals surface area contributed by atoms with Crippen molar-refractivity contribution in [3.05, 3.63) is 4.88 Å². The molecule has 1 amide bonds. The average Bonchev–Trinajstić information content (AvgIpc) is 2.70. The van der Waals surface area contributed by atoms with E-state index in [-0.39, 0.29) is 0 Å². The zero-order chi connectivity index (χ0) is 14.3. The van der Waals surface area contributed by atoms with Crippen LogP contribution in [0.5, 0.6) is 5.75 Å². The Bertz CT molecular complexity index is 421. The van der Waals surface area contributed by atoms with Crippen LogP contribution in [0.25, 0.3) is 0 Å². The molecule has 1 aromatic heterocycles. The Morgan fingerprint density at radius 1 is 1.32 bits per heavy atom. The molecular weight excluding hydrogens is 266 g/mol. The number of nitrogens with one attached hydrogen (secondary N) is 1. The van der Waals surface area contributed by atoms with Crippen molar-refractivity contribution < 1.29 is 14.3 Å². The van der Waals surface area contributed by atoms with Crippen LogP contribution in [0.4, 0.5) is 10.7 Å². The minimum absolute atomic E-state index is 0.307. The van der Waals surface area contributed by atoms with E-state index in [2.05, 4.69) is 5.32 Å². The van der Waals surface area contributed by atoms with E-state index in [1.807, 2.05) is 0 Å². The Labute approximate surface area is 117 Å². The van der Waals surface area contributed by atoms with Crippen LogP contribution in [-0.2, 0) is 4.74 Å². The van der Waals surface area contributed by atoms with Gasteiger partial charge in [-0.3, -0.25) is 4.79 Å². The lowest BCUT2D eigenvalue weighted by Gasteiger charge is -2.06. The van der Waals surface area contributed by atoms with E-state index in [4.69, 9.17) is 20.9 Å². The van der Waals surface area contributed by atoms with Crippen molar-refractivity contribution in [1.82, 2.24) is 0 Å². The van der Waals surface area contributed by atoms with Crippen LogP contribution in [0.1, 0.15) is 28.9 Å². The Morgan fingerprint density at radius 3 is 2.63 bits per heavy atom. The first-order chi connectivity index (χ1) is 9.11. The lowest BCUT2D eigenvalue weighted by atomic mass is 10.2. The van der Waals surface area contributed by atoms with Gasteiger partial charge in [0.05, 0.1) is 7.11 Å². The van der Waals surface area contributed by atoms with Gasteiger partial charge in [-0.2, -0.15) is 0 Å². The zero-order valence-corrected chi connectivity index (χ0v) is 12.1. The number of hydrogen-bond acceptors (Lipinski definition) is 6. The number of thiophene rings is 1. The molecule has 0 aliphatic rings. The summed E-state index contributed by atoms with van der Waals surface area (Å²) < 4.78 is 10.2. The number of methoxy groups -OCH3 is 2. The summed E-state index contributed by atoms with van der Waals surface area (Å²) in [6.07, 6.45) is 3.12.